The van der Waals surface area contributed by atoms with Gasteiger partial charge in [-0.15, -0.1) is 10.2 Å². The van der Waals surface area contributed by atoms with Crippen LogP contribution in [-0.2, 0) is 21.2 Å². The maximum absolute atomic E-state index is 12.6. The summed E-state index contributed by atoms with van der Waals surface area (Å²) in [5, 5.41) is 18.4. The molecule has 0 fully saturated rings. The highest BCUT2D eigenvalue weighted by atomic mass is 32.2. The summed E-state index contributed by atoms with van der Waals surface area (Å²) in [5.74, 6) is 0.553. The number of aromatic nitrogens is 4. The highest BCUT2D eigenvalue weighted by Crippen LogP contribution is 2.24. The minimum absolute atomic E-state index is 0.141. The molecule has 0 aliphatic heterocycles. The first-order valence-corrected chi connectivity index (χ1v) is 14.0. The molecule has 2 N–H and O–H groups in total. The molecular weight excluding hydrogens is 508 g/mol. The van der Waals surface area contributed by atoms with Crippen LogP contribution in [0, 0.1) is 6.92 Å². The SMILES string of the molecule is Cc1ccc(S(=O)(=O)NCCc2nnc3ccc(SCC(=O)Nc4cccc5ccccc45)nn23)cc1. The lowest BCUT2D eigenvalue weighted by Gasteiger charge is -2.09. The number of carbonyl (C=O) groups excluding carboxylic acids is 1. The summed E-state index contributed by atoms with van der Waals surface area (Å²) in [7, 11) is -3.63. The second kappa shape index (κ2) is 10.7. The molecule has 0 aliphatic rings. The monoisotopic (exact) mass is 532 g/mol. The number of amides is 1. The number of thioether (sulfide) groups is 1. The molecule has 2 heterocycles. The van der Waals surface area contributed by atoms with Gasteiger partial charge in [0, 0.05) is 24.0 Å². The number of aryl methyl sites for hydroxylation is 1. The lowest BCUT2D eigenvalue weighted by Crippen LogP contribution is -2.26. The predicted octanol–water partition coefficient (Wildman–Crippen LogP) is 3.84. The Hall–Kier alpha value is -3.80. The number of hydrogen-bond donors (Lipinski definition) is 2. The quantitative estimate of drug-likeness (QED) is 0.277. The summed E-state index contributed by atoms with van der Waals surface area (Å²) in [4.78, 5) is 12.8. The largest absolute Gasteiger partial charge is 0.325 e. The first-order valence-electron chi connectivity index (χ1n) is 11.6. The van der Waals surface area contributed by atoms with E-state index in [0.717, 1.165) is 22.0 Å². The van der Waals surface area contributed by atoms with Gasteiger partial charge in [0.15, 0.2) is 11.5 Å². The number of fused-ring (bicyclic) bond motifs is 2. The van der Waals surface area contributed by atoms with Gasteiger partial charge in [0.05, 0.1) is 10.6 Å². The molecule has 2 aromatic heterocycles. The average molecular weight is 533 g/mol. The van der Waals surface area contributed by atoms with E-state index in [-0.39, 0.29) is 23.1 Å². The van der Waals surface area contributed by atoms with Crippen molar-refractivity contribution in [2.75, 3.05) is 17.6 Å². The molecule has 0 spiro atoms. The standard InChI is InChI=1S/C26H24N6O3S2/c1-18-9-11-20(12-10-18)37(34,35)27-16-15-24-30-29-23-13-14-26(31-32(23)24)36-17-25(33)28-22-8-4-6-19-5-2-3-7-21(19)22/h2-14,27H,15-17H2,1H3,(H,28,33). The lowest BCUT2D eigenvalue weighted by molar-refractivity contribution is -0.113. The van der Waals surface area contributed by atoms with Gasteiger partial charge in [-0.25, -0.2) is 13.1 Å². The molecular formula is C26H24N6O3S2. The molecule has 0 bridgehead atoms. The molecule has 0 unspecified atom stereocenters. The Kier molecular flexibility index (Phi) is 7.17. The van der Waals surface area contributed by atoms with E-state index in [1.807, 2.05) is 49.4 Å². The molecule has 0 saturated carbocycles. The second-order valence-corrected chi connectivity index (χ2v) is 11.1. The molecule has 37 heavy (non-hydrogen) atoms. The molecule has 0 radical (unpaired) electrons. The molecule has 5 aromatic rings. The minimum Gasteiger partial charge on any atom is -0.325 e. The number of rotatable bonds is 9. The third kappa shape index (κ3) is 5.79. The summed E-state index contributed by atoms with van der Waals surface area (Å²) in [6, 6.07) is 23.9. The van der Waals surface area contributed by atoms with E-state index in [1.165, 1.54) is 11.8 Å². The van der Waals surface area contributed by atoms with Crippen molar-refractivity contribution in [3.63, 3.8) is 0 Å². The summed E-state index contributed by atoms with van der Waals surface area (Å²) in [6.45, 7) is 2.04. The maximum atomic E-state index is 12.6. The van der Waals surface area contributed by atoms with Crippen LogP contribution in [0.5, 0.6) is 0 Å². The molecule has 1 amide bonds. The number of sulfonamides is 1. The lowest BCUT2D eigenvalue weighted by atomic mass is 10.1. The number of carbonyl (C=O) groups is 1. The predicted molar refractivity (Wildman–Crippen MR) is 144 cm³/mol. The molecule has 0 aliphatic carbocycles. The van der Waals surface area contributed by atoms with Crippen molar-refractivity contribution in [2.45, 2.75) is 23.3 Å². The van der Waals surface area contributed by atoms with E-state index in [4.69, 9.17) is 0 Å². The molecule has 11 heteroatoms. The Morgan fingerprint density at radius 2 is 1.73 bits per heavy atom. The summed E-state index contributed by atoms with van der Waals surface area (Å²) < 4.78 is 29.2. The Bertz CT molecular complexity index is 1680. The van der Waals surface area contributed by atoms with Crippen LogP contribution in [0.25, 0.3) is 16.4 Å². The summed E-state index contributed by atoms with van der Waals surface area (Å²) >= 11 is 1.30. The van der Waals surface area contributed by atoms with Crippen molar-refractivity contribution >= 4 is 49.8 Å². The van der Waals surface area contributed by atoms with Crippen LogP contribution in [0.3, 0.4) is 0 Å². The number of hydrogen-bond acceptors (Lipinski definition) is 7. The third-order valence-corrected chi connectivity index (χ3v) is 8.09. The van der Waals surface area contributed by atoms with Gasteiger partial charge >= 0.3 is 0 Å². The van der Waals surface area contributed by atoms with Crippen molar-refractivity contribution in [3.8, 4) is 0 Å². The van der Waals surface area contributed by atoms with E-state index < -0.39 is 10.0 Å². The topological polar surface area (TPSA) is 118 Å². The molecule has 0 saturated heterocycles. The number of anilines is 1. The Morgan fingerprint density at radius 3 is 2.57 bits per heavy atom. The molecule has 9 nitrogen and oxygen atoms in total. The Morgan fingerprint density at radius 1 is 0.946 bits per heavy atom. The zero-order valence-corrected chi connectivity index (χ0v) is 21.6. The van der Waals surface area contributed by atoms with Crippen molar-refractivity contribution in [3.05, 3.63) is 90.3 Å². The van der Waals surface area contributed by atoms with Crippen LogP contribution in [0.4, 0.5) is 5.69 Å². The van der Waals surface area contributed by atoms with Gasteiger partial charge in [-0.2, -0.15) is 9.61 Å². The van der Waals surface area contributed by atoms with E-state index in [0.29, 0.717) is 22.9 Å². The molecule has 5 rings (SSSR count). The first kappa shape index (κ1) is 24.9. The fourth-order valence-corrected chi connectivity index (χ4v) is 5.49. The van der Waals surface area contributed by atoms with Crippen molar-refractivity contribution in [1.82, 2.24) is 24.5 Å². The zero-order chi connectivity index (χ0) is 25.8. The van der Waals surface area contributed by atoms with Crippen LogP contribution in [-0.4, -0.2) is 46.4 Å². The average Bonchev–Trinajstić information content (AvgIpc) is 3.30. The van der Waals surface area contributed by atoms with E-state index in [9.17, 15) is 13.2 Å². The smallest absolute Gasteiger partial charge is 0.240 e. The number of benzene rings is 3. The van der Waals surface area contributed by atoms with Gasteiger partial charge in [0.2, 0.25) is 15.9 Å². The van der Waals surface area contributed by atoms with Crippen LogP contribution in [0.1, 0.15) is 11.4 Å². The fourth-order valence-electron chi connectivity index (χ4n) is 3.81. The van der Waals surface area contributed by atoms with Crippen LogP contribution in [0.2, 0.25) is 0 Å². The molecule has 188 valence electrons. The van der Waals surface area contributed by atoms with Crippen molar-refractivity contribution < 1.29 is 13.2 Å². The van der Waals surface area contributed by atoms with E-state index in [1.54, 1.807) is 40.9 Å². The Labute approximate surface area is 218 Å². The van der Waals surface area contributed by atoms with Gasteiger partial charge < -0.3 is 5.32 Å². The highest BCUT2D eigenvalue weighted by Gasteiger charge is 2.15. The van der Waals surface area contributed by atoms with E-state index in [2.05, 4.69) is 25.3 Å². The van der Waals surface area contributed by atoms with Gasteiger partial charge in [-0.3, -0.25) is 4.79 Å². The maximum Gasteiger partial charge on any atom is 0.240 e. The van der Waals surface area contributed by atoms with E-state index >= 15 is 0 Å². The number of nitrogens with zero attached hydrogens (tertiary/aromatic N) is 4. The number of nitrogens with one attached hydrogen (secondary N) is 2. The first-order chi connectivity index (χ1) is 17.9. The van der Waals surface area contributed by atoms with Crippen molar-refractivity contribution in [2.24, 2.45) is 0 Å². The second-order valence-electron chi connectivity index (χ2n) is 8.38. The van der Waals surface area contributed by atoms with Crippen LogP contribution in [0.15, 0.2) is 88.8 Å². The molecule has 3 aromatic carbocycles. The van der Waals surface area contributed by atoms with Crippen LogP contribution < -0.4 is 10.0 Å². The highest BCUT2D eigenvalue weighted by molar-refractivity contribution is 7.99. The van der Waals surface area contributed by atoms with Crippen LogP contribution >= 0.6 is 11.8 Å². The van der Waals surface area contributed by atoms with Crippen molar-refractivity contribution in [1.29, 1.82) is 0 Å². The third-order valence-electron chi connectivity index (χ3n) is 5.69. The van der Waals surface area contributed by atoms with Gasteiger partial charge in [0.25, 0.3) is 0 Å². The summed E-state index contributed by atoms with van der Waals surface area (Å²) in [6.07, 6.45) is 0.301. The fraction of sp³-hybridized carbons (Fsp3) is 0.154. The Balaban J connectivity index is 1.21. The zero-order valence-electron chi connectivity index (χ0n) is 20.0. The van der Waals surface area contributed by atoms with Gasteiger partial charge in [0.1, 0.15) is 5.03 Å². The normalized spacial score (nSPS) is 11.7. The van der Waals surface area contributed by atoms with Gasteiger partial charge in [-0.05, 0) is 42.6 Å². The molecule has 0 atom stereocenters. The van der Waals surface area contributed by atoms with Gasteiger partial charge in [-0.1, -0.05) is 65.9 Å². The minimum atomic E-state index is -3.63. The summed E-state index contributed by atoms with van der Waals surface area (Å²) in [5.41, 5.74) is 2.29.